The molecule has 0 fully saturated rings. The summed E-state index contributed by atoms with van der Waals surface area (Å²) in [5.74, 6) is -0.364. The minimum Gasteiger partial charge on any atom is -0.466 e. The highest BCUT2D eigenvalue weighted by atomic mass is 16.5. The Bertz CT molecular complexity index is 312. The minimum atomic E-state index is -0.287. The lowest BCUT2D eigenvalue weighted by molar-refractivity contribution is -0.145. The van der Waals surface area contributed by atoms with Crippen molar-refractivity contribution in [3.8, 4) is 0 Å². The Morgan fingerprint density at radius 3 is 2.27 bits per heavy atom. The Morgan fingerprint density at radius 2 is 1.64 bits per heavy atom. The fraction of sp³-hybridized carbons (Fsp3) is 0.833. The molecule has 0 aromatic heterocycles. The van der Waals surface area contributed by atoms with E-state index in [1.165, 1.54) is 25.7 Å². The van der Waals surface area contributed by atoms with Gasteiger partial charge in [0, 0.05) is 25.7 Å². The largest absolute Gasteiger partial charge is 0.466 e. The first-order chi connectivity index (χ1) is 10.6. The Morgan fingerprint density at radius 1 is 0.955 bits per heavy atom. The van der Waals surface area contributed by atoms with E-state index in [2.05, 4.69) is 6.92 Å². The van der Waals surface area contributed by atoms with Gasteiger partial charge in [0.25, 0.3) is 0 Å². The summed E-state index contributed by atoms with van der Waals surface area (Å²) in [4.78, 5) is 34.0. The summed E-state index contributed by atoms with van der Waals surface area (Å²) in [5, 5.41) is 0. The zero-order valence-corrected chi connectivity index (χ0v) is 14.3. The second kappa shape index (κ2) is 14.7. The number of unbranched alkanes of at least 4 members (excludes halogenated alkanes) is 5. The minimum absolute atomic E-state index is 0.123. The molecule has 128 valence electrons. The lowest BCUT2D eigenvalue weighted by Gasteiger charge is -2.12. The maximum Gasteiger partial charge on any atom is 0.306 e. The molecule has 0 saturated heterocycles. The van der Waals surface area contributed by atoms with Crippen molar-refractivity contribution in [2.24, 2.45) is 5.92 Å². The summed E-state index contributed by atoms with van der Waals surface area (Å²) >= 11 is 0. The van der Waals surface area contributed by atoms with Gasteiger partial charge in [-0.25, -0.2) is 0 Å². The predicted octanol–water partition coefficient (Wildman–Crippen LogP) is 4.24. The first-order valence-corrected chi connectivity index (χ1v) is 8.74. The van der Waals surface area contributed by atoms with Crippen LogP contribution in [0.2, 0.25) is 0 Å². The number of hydrogen-bond acceptors (Lipinski definition) is 4. The van der Waals surface area contributed by atoms with Gasteiger partial charge in [0.2, 0.25) is 0 Å². The lowest BCUT2D eigenvalue weighted by atomic mass is 9.94. The van der Waals surface area contributed by atoms with Crippen LogP contribution < -0.4 is 0 Å². The highest BCUT2D eigenvalue weighted by Gasteiger charge is 2.17. The van der Waals surface area contributed by atoms with Gasteiger partial charge in [-0.05, 0) is 18.8 Å². The standard InChI is InChI=1S/C18H32O4/c1-3-5-6-7-8-9-13-22-18(21)15-16(11-12-19)14-17(20)10-4-2/h12,16H,3-11,13-15H2,1-2H3. The van der Waals surface area contributed by atoms with Gasteiger partial charge in [-0.2, -0.15) is 0 Å². The molecule has 0 rings (SSSR count). The van der Waals surface area contributed by atoms with Crippen molar-refractivity contribution in [1.82, 2.24) is 0 Å². The van der Waals surface area contributed by atoms with Crippen LogP contribution >= 0.6 is 0 Å². The average Bonchev–Trinajstić information content (AvgIpc) is 2.46. The summed E-state index contributed by atoms with van der Waals surface area (Å²) in [5.41, 5.74) is 0. The number of carbonyl (C=O) groups is 3. The van der Waals surface area contributed by atoms with Gasteiger partial charge in [-0.3, -0.25) is 9.59 Å². The fourth-order valence-corrected chi connectivity index (χ4v) is 2.44. The van der Waals surface area contributed by atoms with Crippen molar-refractivity contribution in [2.45, 2.75) is 84.5 Å². The topological polar surface area (TPSA) is 60.4 Å². The number of aldehydes is 1. The van der Waals surface area contributed by atoms with E-state index in [1.807, 2.05) is 6.92 Å². The molecule has 22 heavy (non-hydrogen) atoms. The monoisotopic (exact) mass is 312 g/mol. The third-order valence-electron chi connectivity index (χ3n) is 3.69. The molecule has 0 bridgehead atoms. The third-order valence-corrected chi connectivity index (χ3v) is 3.69. The fourth-order valence-electron chi connectivity index (χ4n) is 2.44. The molecule has 0 aromatic carbocycles. The van der Waals surface area contributed by atoms with E-state index in [0.29, 0.717) is 19.4 Å². The smallest absolute Gasteiger partial charge is 0.306 e. The SMILES string of the molecule is CCCCCCCCOC(=O)CC(CC=O)CC(=O)CCC. The van der Waals surface area contributed by atoms with Crippen LogP contribution in [0.15, 0.2) is 0 Å². The van der Waals surface area contributed by atoms with Crippen molar-refractivity contribution in [3.63, 3.8) is 0 Å². The van der Waals surface area contributed by atoms with Crippen LogP contribution in [0.25, 0.3) is 0 Å². The number of hydrogen-bond donors (Lipinski definition) is 0. The highest BCUT2D eigenvalue weighted by molar-refractivity contribution is 5.80. The number of ketones is 1. The van der Waals surface area contributed by atoms with Crippen LogP contribution in [0.5, 0.6) is 0 Å². The summed E-state index contributed by atoms with van der Waals surface area (Å²) < 4.78 is 5.20. The van der Waals surface area contributed by atoms with Crippen LogP contribution in [0.1, 0.15) is 84.5 Å². The molecule has 0 N–H and O–H groups in total. The maximum absolute atomic E-state index is 11.8. The van der Waals surface area contributed by atoms with Crippen molar-refractivity contribution < 1.29 is 19.1 Å². The second-order valence-corrected chi connectivity index (χ2v) is 5.95. The van der Waals surface area contributed by atoms with Gasteiger partial charge in [0.15, 0.2) is 0 Å². The molecular weight excluding hydrogens is 280 g/mol. The molecule has 0 aliphatic rings. The first-order valence-electron chi connectivity index (χ1n) is 8.74. The maximum atomic E-state index is 11.8. The van der Waals surface area contributed by atoms with E-state index >= 15 is 0 Å². The van der Waals surface area contributed by atoms with Crippen LogP contribution in [0.3, 0.4) is 0 Å². The molecule has 0 aliphatic carbocycles. The average molecular weight is 312 g/mol. The molecule has 0 aromatic rings. The van der Waals surface area contributed by atoms with Gasteiger partial charge < -0.3 is 9.53 Å². The molecule has 0 radical (unpaired) electrons. The Hall–Kier alpha value is -1.19. The van der Waals surface area contributed by atoms with Crippen LogP contribution in [0, 0.1) is 5.92 Å². The number of carbonyl (C=O) groups excluding carboxylic acids is 3. The van der Waals surface area contributed by atoms with Crippen LogP contribution in [-0.2, 0) is 19.1 Å². The number of Topliss-reactive ketones (excluding diaryl/α,β-unsaturated/α-hetero) is 1. The number of ether oxygens (including phenoxy) is 1. The predicted molar refractivity (Wildman–Crippen MR) is 87.7 cm³/mol. The molecule has 4 heteroatoms. The Balaban J connectivity index is 3.83. The molecule has 0 heterocycles. The van der Waals surface area contributed by atoms with Crippen molar-refractivity contribution in [1.29, 1.82) is 0 Å². The van der Waals surface area contributed by atoms with Gasteiger partial charge in [0.05, 0.1) is 6.61 Å². The Kier molecular flexibility index (Phi) is 13.9. The number of rotatable bonds is 15. The van der Waals surface area contributed by atoms with E-state index in [-0.39, 0.29) is 30.5 Å². The van der Waals surface area contributed by atoms with E-state index in [1.54, 1.807) is 0 Å². The zero-order valence-electron chi connectivity index (χ0n) is 14.3. The Labute approximate surface area is 135 Å². The number of esters is 1. The summed E-state index contributed by atoms with van der Waals surface area (Å²) in [7, 11) is 0. The second-order valence-electron chi connectivity index (χ2n) is 5.95. The van der Waals surface area contributed by atoms with Crippen molar-refractivity contribution in [3.05, 3.63) is 0 Å². The first kappa shape index (κ1) is 20.8. The molecule has 1 atom stereocenters. The molecule has 0 spiro atoms. The van der Waals surface area contributed by atoms with E-state index in [4.69, 9.17) is 4.74 Å². The molecule has 1 unspecified atom stereocenters. The molecule has 0 saturated carbocycles. The van der Waals surface area contributed by atoms with E-state index in [9.17, 15) is 14.4 Å². The van der Waals surface area contributed by atoms with Crippen LogP contribution in [-0.4, -0.2) is 24.6 Å². The van der Waals surface area contributed by atoms with E-state index in [0.717, 1.165) is 25.5 Å². The summed E-state index contributed by atoms with van der Waals surface area (Å²) in [6, 6.07) is 0. The van der Waals surface area contributed by atoms with E-state index < -0.39 is 0 Å². The zero-order chi connectivity index (χ0) is 16.6. The van der Waals surface area contributed by atoms with Crippen molar-refractivity contribution in [2.75, 3.05) is 6.61 Å². The normalized spacial score (nSPS) is 11.9. The lowest BCUT2D eigenvalue weighted by Crippen LogP contribution is -2.16. The summed E-state index contributed by atoms with van der Waals surface area (Å²) in [6.45, 7) is 4.58. The quantitative estimate of drug-likeness (QED) is 0.258. The molecule has 0 amide bonds. The molecule has 4 nitrogen and oxygen atoms in total. The van der Waals surface area contributed by atoms with Gasteiger partial charge in [-0.15, -0.1) is 0 Å². The molecular formula is C18H32O4. The third kappa shape index (κ3) is 12.5. The summed E-state index contributed by atoms with van der Waals surface area (Å²) in [6.07, 6.45) is 9.72. The van der Waals surface area contributed by atoms with Crippen molar-refractivity contribution >= 4 is 18.0 Å². The van der Waals surface area contributed by atoms with Crippen LogP contribution in [0.4, 0.5) is 0 Å². The highest BCUT2D eigenvalue weighted by Crippen LogP contribution is 2.15. The van der Waals surface area contributed by atoms with Gasteiger partial charge in [0.1, 0.15) is 12.1 Å². The van der Waals surface area contributed by atoms with Gasteiger partial charge in [-0.1, -0.05) is 46.0 Å². The molecule has 0 aliphatic heterocycles. The van der Waals surface area contributed by atoms with Gasteiger partial charge >= 0.3 is 5.97 Å².